The number of carbonyl (C=O) groups is 3. The van der Waals surface area contributed by atoms with E-state index in [1.807, 2.05) is 0 Å². The number of nitrogens with zero attached hydrogens (tertiary/aromatic N) is 3. The molecule has 10 nitrogen and oxygen atoms in total. The number of hydrogen-bond acceptors (Lipinski definition) is 6. The third kappa shape index (κ3) is 3.35. The number of nitrogens with one attached hydrogen (secondary N) is 2. The van der Waals surface area contributed by atoms with Crippen LogP contribution in [0.3, 0.4) is 0 Å². The zero-order valence-electron chi connectivity index (χ0n) is 18.7. The summed E-state index contributed by atoms with van der Waals surface area (Å²) in [7, 11) is 2.96. The molecule has 0 spiro atoms. The van der Waals surface area contributed by atoms with Crippen molar-refractivity contribution in [1.82, 2.24) is 20.2 Å². The van der Waals surface area contributed by atoms with Crippen LogP contribution < -0.4 is 19.7 Å². The second-order valence-electron chi connectivity index (χ2n) is 7.94. The molecule has 174 valence electrons. The number of H-pyrrole nitrogens is 1. The Bertz CT molecular complexity index is 1270. The first-order chi connectivity index (χ1) is 16.5. The lowest BCUT2D eigenvalue weighted by Gasteiger charge is -2.40. The van der Waals surface area contributed by atoms with Crippen LogP contribution in [0.4, 0.5) is 5.69 Å². The van der Waals surface area contributed by atoms with Gasteiger partial charge in [0.1, 0.15) is 12.7 Å². The second kappa shape index (κ2) is 8.54. The van der Waals surface area contributed by atoms with Crippen LogP contribution in [0.2, 0.25) is 0 Å². The summed E-state index contributed by atoms with van der Waals surface area (Å²) in [6.07, 6.45) is 3.07. The lowest BCUT2D eigenvalue weighted by molar-refractivity contribution is -0.122. The topological polar surface area (TPSA) is 117 Å². The van der Waals surface area contributed by atoms with Gasteiger partial charge in [0, 0.05) is 30.4 Å². The van der Waals surface area contributed by atoms with E-state index in [0.29, 0.717) is 46.8 Å². The van der Waals surface area contributed by atoms with Crippen molar-refractivity contribution < 1.29 is 23.9 Å². The molecule has 1 unspecified atom stereocenters. The third-order valence-electron chi connectivity index (χ3n) is 6.07. The van der Waals surface area contributed by atoms with Crippen molar-refractivity contribution in [2.45, 2.75) is 12.6 Å². The van der Waals surface area contributed by atoms with Crippen molar-refractivity contribution in [1.29, 1.82) is 0 Å². The lowest BCUT2D eigenvalue weighted by Crippen LogP contribution is -2.51. The summed E-state index contributed by atoms with van der Waals surface area (Å²) in [5.41, 5.74) is 2.65. The summed E-state index contributed by atoms with van der Waals surface area (Å²) in [6, 6.07) is 10.3. The van der Waals surface area contributed by atoms with Gasteiger partial charge in [0.15, 0.2) is 11.5 Å². The Morgan fingerprint density at radius 3 is 2.68 bits per heavy atom. The molecule has 5 rings (SSSR count). The number of aromatic amines is 1. The highest BCUT2D eigenvalue weighted by atomic mass is 16.5. The SMILES string of the molecule is COc1ccc2c(c1OC)C(=O)N1c3ccccc3C(=O)N(CC(=O)NCCc3cnc[nH]3)C21. The van der Waals surface area contributed by atoms with E-state index in [0.717, 1.165) is 5.69 Å². The number of methoxy groups -OCH3 is 2. The molecule has 2 aliphatic rings. The molecule has 2 aromatic carbocycles. The molecule has 0 fully saturated rings. The van der Waals surface area contributed by atoms with E-state index >= 15 is 0 Å². The molecule has 1 atom stereocenters. The van der Waals surface area contributed by atoms with Crippen LogP contribution >= 0.6 is 0 Å². The van der Waals surface area contributed by atoms with Crippen molar-refractivity contribution in [3.8, 4) is 11.5 Å². The first-order valence-electron chi connectivity index (χ1n) is 10.8. The molecule has 0 bridgehead atoms. The molecule has 0 aliphatic carbocycles. The quantitative estimate of drug-likeness (QED) is 0.555. The Hall–Kier alpha value is -4.34. The fraction of sp³-hybridized carbons (Fsp3) is 0.250. The van der Waals surface area contributed by atoms with Crippen LogP contribution in [0.15, 0.2) is 48.9 Å². The lowest BCUT2D eigenvalue weighted by atomic mass is 10.0. The number of hydrogen-bond donors (Lipinski definition) is 2. The average Bonchev–Trinajstić information content (AvgIpc) is 3.47. The van der Waals surface area contributed by atoms with E-state index in [1.54, 1.807) is 53.8 Å². The van der Waals surface area contributed by atoms with Gasteiger partial charge in [-0.1, -0.05) is 18.2 Å². The number of carbonyl (C=O) groups excluding carboxylic acids is 3. The molecule has 34 heavy (non-hydrogen) atoms. The second-order valence-corrected chi connectivity index (χ2v) is 7.94. The van der Waals surface area contributed by atoms with Gasteiger partial charge in [-0.3, -0.25) is 19.3 Å². The van der Waals surface area contributed by atoms with Crippen LogP contribution in [0, 0.1) is 0 Å². The van der Waals surface area contributed by atoms with Gasteiger partial charge in [0.05, 0.1) is 37.4 Å². The Labute approximate surface area is 195 Å². The minimum atomic E-state index is -0.775. The van der Waals surface area contributed by atoms with E-state index in [2.05, 4.69) is 15.3 Å². The normalized spacial score (nSPS) is 16.1. The average molecular weight is 461 g/mol. The van der Waals surface area contributed by atoms with Gasteiger partial charge in [0.25, 0.3) is 11.8 Å². The van der Waals surface area contributed by atoms with E-state index < -0.39 is 6.17 Å². The summed E-state index contributed by atoms with van der Waals surface area (Å²) in [4.78, 5) is 49.8. The van der Waals surface area contributed by atoms with Crippen molar-refractivity contribution in [2.75, 3.05) is 32.2 Å². The predicted octanol–water partition coefficient (Wildman–Crippen LogP) is 1.90. The third-order valence-corrected chi connectivity index (χ3v) is 6.07. The first-order valence-corrected chi connectivity index (χ1v) is 10.8. The Morgan fingerprint density at radius 1 is 1.12 bits per heavy atom. The standard InChI is InChI=1S/C24H23N5O5/c1-33-18-8-7-16-20(21(18)34-2)24(32)29-17-6-4-3-5-15(17)23(31)28(22(16)29)12-19(30)26-10-9-14-11-25-13-27-14/h3-8,11,13,22H,9-10,12H2,1-2H3,(H,25,27)(H,26,30). The van der Waals surface area contributed by atoms with Gasteiger partial charge < -0.3 is 24.7 Å². The number of fused-ring (bicyclic) bond motifs is 5. The van der Waals surface area contributed by atoms with Gasteiger partial charge in [0.2, 0.25) is 5.91 Å². The zero-order valence-corrected chi connectivity index (χ0v) is 18.7. The maximum absolute atomic E-state index is 13.6. The number of benzene rings is 2. The molecule has 0 saturated heterocycles. The molecule has 0 radical (unpaired) electrons. The fourth-order valence-corrected chi connectivity index (χ4v) is 4.55. The summed E-state index contributed by atoms with van der Waals surface area (Å²) >= 11 is 0. The van der Waals surface area contributed by atoms with Crippen LogP contribution in [0.25, 0.3) is 0 Å². The number of anilines is 1. The van der Waals surface area contributed by atoms with Crippen molar-refractivity contribution >= 4 is 23.4 Å². The number of aromatic nitrogens is 2. The molecule has 3 amide bonds. The zero-order chi connectivity index (χ0) is 23.8. The molecule has 2 aliphatic heterocycles. The molecule has 10 heteroatoms. The molecule has 3 heterocycles. The summed E-state index contributed by atoms with van der Waals surface area (Å²) in [5.74, 6) is -0.254. The monoisotopic (exact) mass is 461 g/mol. The maximum Gasteiger partial charge on any atom is 0.264 e. The van der Waals surface area contributed by atoms with Gasteiger partial charge in [-0.05, 0) is 18.2 Å². The molecule has 2 N–H and O–H groups in total. The molecular weight excluding hydrogens is 438 g/mol. The largest absolute Gasteiger partial charge is 0.493 e. The number of amides is 3. The van der Waals surface area contributed by atoms with Crippen molar-refractivity contribution in [2.24, 2.45) is 0 Å². The van der Waals surface area contributed by atoms with Crippen LogP contribution in [-0.2, 0) is 11.2 Å². The van der Waals surface area contributed by atoms with E-state index in [-0.39, 0.29) is 24.3 Å². The Morgan fingerprint density at radius 2 is 1.94 bits per heavy atom. The molecule has 1 aromatic heterocycles. The van der Waals surface area contributed by atoms with E-state index in [9.17, 15) is 14.4 Å². The van der Waals surface area contributed by atoms with Gasteiger partial charge >= 0.3 is 0 Å². The summed E-state index contributed by atoms with van der Waals surface area (Å²) in [5, 5.41) is 2.84. The van der Waals surface area contributed by atoms with Crippen LogP contribution in [-0.4, -0.2) is 59.9 Å². The number of imidazole rings is 1. The molecular formula is C24H23N5O5. The van der Waals surface area contributed by atoms with Crippen molar-refractivity contribution in [3.63, 3.8) is 0 Å². The number of rotatable bonds is 7. The highest BCUT2D eigenvalue weighted by Gasteiger charge is 2.50. The van der Waals surface area contributed by atoms with Crippen LogP contribution in [0.1, 0.15) is 38.1 Å². The Kier molecular flexibility index (Phi) is 5.40. The highest BCUT2D eigenvalue weighted by Crippen LogP contribution is 2.49. The van der Waals surface area contributed by atoms with Gasteiger partial charge in [-0.15, -0.1) is 0 Å². The highest BCUT2D eigenvalue weighted by molar-refractivity contribution is 6.18. The summed E-state index contributed by atoms with van der Waals surface area (Å²) in [6.45, 7) is 0.174. The van der Waals surface area contributed by atoms with Gasteiger partial charge in [-0.2, -0.15) is 0 Å². The van der Waals surface area contributed by atoms with Crippen molar-refractivity contribution in [3.05, 3.63) is 71.3 Å². The molecule has 0 saturated carbocycles. The maximum atomic E-state index is 13.6. The van der Waals surface area contributed by atoms with Crippen LogP contribution in [0.5, 0.6) is 11.5 Å². The fourth-order valence-electron chi connectivity index (χ4n) is 4.55. The smallest absolute Gasteiger partial charge is 0.264 e. The van der Waals surface area contributed by atoms with E-state index in [1.165, 1.54) is 19.1 Å². The number of ether oxygens (including phenoxy) is 2. The minimum Gasteiger partial charge on any atom is -0.493 e. The van der Waals surface area contributed by atoms with Gasteiger partial charge in [-0.25, -0.2) is 4.98 Å². The minimum absolute atomic E-state index is 0.210. The number of para-hydroxylation sites is 1. The summed E-state index contributed by atoms with van der Waals surface area (Å²) < 4.78 is 10.9. The molecule has 3 aromatic rings. The van der Waals surface area contributed by atoms with E-state index in [4.69, 9.17) is 9.47 Å². The predicted molar refractivity (Wildman–Crippen MR) is 122 cm³/mol. The first kappa shape index (κ1) is 21.5. The Balaban J connectivity index is 1.50.